The van der Waals surface area contributed by atoms with Gasteiger partial charge in [0, 0.05) is 101 Å². The normalized spacial score (nSPS) is 19.5. The number of aromatic nitrogens is 1. The van der Waals surface area contributed by atoms with Crippen molar-refractivity contribution in [3.05, 3.63) is 135 Å². The zero-order valence-corrected chi connectivity index (χ0v) is 36.7. The molecule has 0 radical (unpaired) electrons. The van der Waals surface area contributed by atoms with Gasteiger partial charge in [-0.2, -0.15) is 4.58 Å². The molecule has 0 amide bonds. The van der Waals surface area contributed by atoms with Crippen LogP contribution in [0.5, 0.6) is 0 Å². The number of anilines is 1. The third-order valence-corrected chi connectivity index (χ3v) is 12.1. The Morgan fingerprint density at radius 1 is 0.821 bits per heavy atom. The summed E-state index contributed by atoms with van der Waals surface area (Å²) < 4.78 is 22.8. The topological polar surface area (TPSA) is 37.8 Å². The van der Waals surface area contributed by atoms with Gasteiger partial charge in [0.15, 0.2) is 24.7 Å². The Labute approximate surface area is 345 Å². The van der Waals surface area contributed by atoms with Crippen molar-refractivity contribution in [1.29, 1.82) is 0 Å². The smallest absolute Gasteiger partial charge is 0.209 e. The van der Waals surface area contributed by atoms with Crippen molar-refractivity contribution >= 4 is 40.3 Å². The van der Waals surface area contributed by atoms with Gasteiger partial charge in [0.2, 0.25) is 5.69 Å². The zero-order chi connectivity index (χ0) is 40.4. The Hall–Kier alpha value is -3.68. The van der Waals surface area contributed by atoms with E-state index < -0.39 is 0 Å². The van der Waals surface area contributed by atoms with Crippen LogP contribution in [0.25, 0.3) is 0 Å². The van der Waals surface area contributed by atoms with E-state index in [9.17, 15) is 0 Å². The van der Waals surface area contributed by atoms with Crippen LogP contribution in [-0.2, 0) is 32.1 Å². The summed E-state index contributed by atoms with van der Waals surface area (Å²) in [4.78, 5) is 2.45. The molecule has 1 atom stereocenters. The summed E-state index contributed by atoms with van der Waals surface area (Å²) >= 11 is 13.2. The summed E-state index contributed by atoms with van der Waals surface area (Å²) in [6.45, 7) is 19.1. The van der Waals surface area contributed by atoms with Crippen molar-refractivity contribution in [2.45, 2.75) is 91.1 Å². The average molecular weight is 799 g/mol. The summed E-state index contributed by atoms with van der Waals surface area (Å²) in [6, 6.07) is 16.9. The highest BCUT2D eigenvalue weighted by molar-refractivity contribution is 6.31. The number of hydrogen-bond donors (Lipinski definition) is 0. The molecule has 3 aromatic rings. The molecule has 6 nitrogen and oxygen atoms in total. The van der Waals surface area contributed by atoms with Crippen LogP contribution in [0, 0.1) is 5.41 Å². The van der Waals surface area contributed by atoms with Gasteiger partial charge in [-0.25, -0.2) is 4.57 Å². The number of nitrogens with zero attached hydrogens (tertiary/aromatic N) is 3. The SMILES string of the molecule is COCCCN1C(=CC=C2CCC(C=CC3=[N+](CCCOC)c4ccc(Cl)cc4C3(C)C)=C2OC(c2cc[n+](C)cc2)C(C)(C)C)C(C)(C)c2cc(Cl)ccc21. The molecule has 0 saturated heterocycles. The monoisotopic (exact) mass is 797 g/mol. The van der Waals surface area contributed by atoms with E-state index in [4.69, 9.17) is 37.4 Å². The summed E-state index contributed by atoms with van der Waals surface area (Å²) in [5, 5.41) is 1.52. The number of fused-ring (bicyclic) bond motifs is 2. The second-order valence-electron chi connectivity index (χ2n) is 17.5. The highest BCUT2D eigenvalue weighted by Gasteiger charge is 2.45. The van der Waals surface area contributed by atoms with Crippen LogP contribution in [0.1, 0.15) is 96.9 Å². The molecule has 3 aliphatic rings. The molecule has 0 bridgehead atoms. The average Bonchev–Trinajstić information content (AvgIpc) is 3.69. The quantitative estimate of drug-likeness (QED) is 0.120. The first-order valence-corrected chi connectivity index (χ1v) is 20.8. The molecule has 2 aromatic carbocycles. The van der Waals surface area contributed by atoms with Crippen molar-refractivity contribution in [2.75, 3.05) is 45.4 Å². The molecule has 3 heterocycles. The number of pyridine rings is 1. The fraction of sp³-hybridized carbons (Fsp3) is 0.458. The van der Waals surface area contributed by atoms with E-state index in [2.05, 4.69) is 143 Å². The van der Waals surface area contributed by atoms with Crippen LogP contribution in [0.3, 0.4) is 0 Å². The fourth-order valence-electron chi connectivity index (χ4n) is 8.59. The molecule has 0 N–H and O–H groups in total. The molecule has 2 aliphatic heterocycles. The van der Waals surface area contributed by atoms with Gasteiger partial charge in [-0.3, -0.25) is 0 Å². The lowest BCUT2D eigenvalue weighted by molar-refractivity contribution is -0.671. The number of aryl methyl sites for hydroxylation is 1. The Bertz CT molecular complexity index is 2080. The number of halogens is 2. The second kappa shape index (κ2) is 17.0. The molecule has 0 saturated carbocycles. The lowest BCUT2D eigenvalue weighted by Gasteiger charge is -2.32. The lowest BCUT2D eigenvalue weighted by atomic mass is 9.81. The molecule has 1 aliphatic carbocycles. The van der Waals surface area contributed by atoms with Gasteiger partial charge in [0.25, 0.3) is 0 Å². The van der Waals surface area contributed by atoms with E-state index in [0.29, 0.717) is 13.2 Å². The number of hydrogen-bond acceptors (Lipinski definition) is 4. The number of ether oxygens (including phenoxy) is 3. The van der Waals surface area contributed by atoms with Gasteiger partial charge in [0.1, 0.15) is 18.9 Å². The van der Waals surface area contributed by atoms with Crippen LogP contribution in [0.15, 0.2) is 108 Å². The van der Waals surface area contributed by atoms with Gasteiger partial charge in [0.05, 0.1) is 12.0 Å². The van der Waals surface area contributed by atoms with Gasteiger partial charge in [-0.15, -0.1) is 0 Å². The summed E-state index contributed by atoms with van der Waals surface area (Å²) in [6.07, 6.45) is 16.9. The van der Waals surface area contributed by atoms with E-state index in [1.807, 2.05) is 12.1 Å². The minimum absolute atomic E-state index is 0.163. The Balaban J connectivity index is 1.47. The molecule has 56 heavy (non-hydrogen) atoms. The van der Waals surface area contributed by atoms with E-state index in [1.165, 1.54) is 45.1 Å². The number of rotatable bonds is 14. The van der Waals surface area contributed by atoms with Crippen LogP contribution in [0.4, 0.5) is 11.4 Å². The summed E-state index contributed by atoms with van der Waals surface area (Å²) in [5.74, 6) is 0.969. The molecule has 298 valence electrons. The second-order valence-corrected chi connectivity index (χ2v) is 18.4. The third kappa shape index (κ3) is 8.60. The van der Waals surface area contributed by atoms with Crippen molar-refractivity contribution in [3.8, 4) is 0 Å². The van der Waals surface area contributed by atoms with E-state index in [1.54, 1.807) is 14.2 Å². The maximum Gasteiger partial charge on any atom is 0.209 e. The van der Waals surface area contributed by atoms with E-state index >= 15 is 0 Å². The Kier molecular flexibility index (Phi) is 12.8. The number of benzene rings is 2. The summed E-state index contributed by atoms with van der Waals surface area (Å²) in [5.41, 5.74) is 10.3. The van der Waals surface area contributed by atoms with Gasteiger partial charge in [-0.05, 0) is 92.3 Å². The van der Waals surface area contributed by atoms with E-state index in [0.717, 1.165) is 60.1 Å². The highest BCUT2D eigenvalue weighted by Crippen LogP contribution is 2.50. The number of allylic oxidation sites excluding steroid dienone is 7. The molecular formula is C48H61Cl2N3O3+2. The molecule has 1 unspecified atom stereocenters. The summed E-state index contributed by atoms with van der Waals surface area (Å²) in [7, 11) is 5.58. The number of methoxy groups -OCH3 is 2. The largest absolute Gasteiger partial charge is 0.485 e. The maximum absolute atomic E-state index is 7.35. The lowest BCUT2D eigenvalue weighted by Crippen LogP contribution is -2.28. The first-order valence-electron chi connectivity index (χ1n) is 20.0. The molecular weight excluding hydrogens is 737 g/mol. The Morgan fingerprint density at radius 2 is 1.48 bits per heavy atom. The van der Waals surface area contributed by atoms with Crippen LogP contribution < -0.4 is 9.47 Å². The van der Waals surface area contributed by atoms with Crippen molar-refractivity contribution in [1.82, 2.24) is 0 Å². The minimum Gasteiger partial charge on any atom is -0.485 e. The molecule has 8 heteroatoms. The van der Waals surface area contributed by atoms with Crippen LogP contribution in [-0.4, -0.2) is 50.8 Å². The van der Waals surface area contributed by atoms with Gasteiger partial charge < -0.3 is 19.1 Å². The minimum atomic E-state index is -0.237. The van der Waals surface area contributed by atoms with Crippen LogP contribution in [0.2, 0.25) is 10.0 Å². The predicted octanol–water partition coefficient (Wildman–Crippen LogP) is 11.3. The predicted molar refractivity (Wildman–Crippen MR) is 232 cm³/mol. The van der Waals surface area contributed by atoms with Gasteiger partial charge >= 0.3 is 0 Å². The molecule has 6 rings (SSSR count). The first-order chi connectivity index (χ1) is 26.6. The van der Waals surface area contributed by atoms with Crippen LogP contribution >= 0.6 is 23.2 Å². The highest BCUT2D eigenvalue weighted by atomic mass is 35.5. The molecule has 1 aromatic heterocycles. The Morgan fingerprint density at radius 3 is 2.16 bits per heavy atom. The maximum atomic E-state index is 7.35. The standard InChI is InChI=1S/C48H61Cl2N3O3/c1-46(2,3)45(35-23-27-51(8)28-24-35)56-44-33(15-21-42-47(4,5)38-31-36(49)17-19-40(38)52(42)25-11-29-54-9)13-14-34(44)16-22-43-48(6,7)39-32-37(50)18-20-41(39)53(43)26-12-30-55-10/h15-24,27-28,31-32,45H,11-14,25-26,29-30H2,1-10H3/q+2. The van der Waals surface area contributed by atoms with Crippen molar-refractivity contribution in [2.24, 2.45) is 12.5 Å². The fourth-order valence-corrected chi connectivity index (χ4v) is 8.94. The molecule has 0 fully saturated rings. The zero-order valence-electron chi connectivity index (χ0n) is 35.1. The van der Waals surface area contributed by atoms with Crippen molar-refractivity contribution < 1.29 is 23.4 Å². The van der Waals surface area contributed by atoms with Gasteiger partial charge in [-0.1, -0.05) is 63.9 Å². The molecule has 0 spiro atoms. The first kappa shape index (κ1) is 41.9. The van der Waals surface area contributed by atoms with E-state index in [-0.39, 0.29) is 22.3 Å². The third-order valence-electron chi connectivity index (χ3n) is 11.6. The van der Waals surface area contributed by atoms with Crippen molar-refractivity contribution in [3.63, 3.8) is 0 Å².